The van der Waals surface area contributed by atoms with Gasteiger partial charge in [0.2, 0.25) is 0 Å². The van der Waals surface area contributed by atoms with Gasteiger partial charge >= 0.3 is 5.69 Å². The summed E-state index contributed by atoms with van der Waals surface area (Å²) in [6, 6.07) is 7.12. The van der Waals surface area contributed by atoms with E-state index in [4.69, 9.17) is 0 Å². The fourth-order valence-electron chi connectivity index (χ4n) is 1.50. The van der Waals surface area contributed by atoms with Crippen molar-refractivity contribution >= 4 is 11.8 Å². The molecular formula is C12H13N3O2S. The Labute approximate surface area is 108 Å². The lowest BCUT2D eigenvalue weighted by Gasteiger charge is -2.08. The molecule has 0 aliphatic carbocycles. The Hall–Kier alpha value is -1.82. The molecule has 2 heterocycles. The molecule has 0 aromatic carbocycles. The molecule has 2 aromatic heterocycles. The van der Waals surface area contributed by atoms with Gasteiger partial charge in [0.05, 0.1) is 5.03 Å². The van der Waals surface area contributed by atoms with E-state index in [9.17, 15) is 9.59 Å². The van der Waals surface area contributed by atoms with Gasteiger partial charge in [-0.3, -0.25) is 13.9 Å². The summed E-state index contributed by atoms with van der Waals surface area (Å²) in [6.07, 6.45) is 1.71. The van der Waals surface area contributed by atoms with Crippen LogP contribution in [0.15, 0.2) is 45.1 Å². The number of thioether (sulfide) groups is 1. The quantitative estimate of drug-likeness (QED) is 0.768. The van der Waals surface area contributed by atoms with E-state index in [0.29, 0.717) is 11.4 Å². The molecule has 94 valence electrons. The molecule has 0 atom stereocenters. The summed E-state index contributed by atoms with van der Waals surface area (Å²) in [5.41, 5.74) is 0.104. The van der Waals surface area contributed by atoms with Crippen LogP contribution in [0.2, 0.25) is 0 Å². The van der Waals surface area contributed by atoms with Gasteiger partial charge in [-0.2, -0.15) is 0 Å². The van der Waals surface area contributed by atoms with Crippen molar-refractivity contribution in [3.8, 4) is 0 Å². The van der Waals surface area contributed by atoms with E-state index in [0.717, 1.165) is 9.59 Å². The molecule has 0 N–H and O–H groups in total. The predicted octanol–water partition coefficient (Wildman–Crippen LogP) is 0.771. The minimum absolute atomic E-state index is 0.283. The molecule has 0 aliphatic heterocycles. The van der Waals surface area contributed by atoms with E-state index in [1.165, 1.54) is 29.4 Å². The Kier molecular flexibility index (Phi) is 3.66. The highest BCUT2D eigenvalue weighted by molar-refractivity contribution is 7.98. The Morgan fingerprint density at radius 3 is 2.67 bits per heavy atom. The van der Waals surface area contributed by atoms with E-state index in [2.05, 4.69) is 4.98 Å². The molecule has 18 heavy (non-hydrogen) atoms. The third-order valence-electron chi connectivity index (χ3n) is 2.63. The summed E-state index contributed by atoms with van der Waals surface area (Å²) in [5.74, 6) is 0.541. The third kappa shape index (κ3) is 2.53. The predicted molar refractivity (Wildman–Crippen MR) is 70.7 cm³/mol. The lowest BCUT2D eigenvalue weighted by atomic mass is 10.4. The first-order valence-corrected chi connectivity index (χ1v) is 6.38. The first-order valence-electron chi connectivity index (χ1n) is 5.39. The van der Waals surface area contributed by atoms with Crippen LogP contribution in [-0.2, 0) is 19.8 Å². The van der Waals surface area contributed by atoms with Crippen molar-refractivity contribution in [3.05, 3.63) is 57.0 Å². The standard InChI is InChI=1S/C12H13N3O2S/c1-14-9(7-11(16)15(2)12(14)17)8-18-10-5-3-4-6-13-10/h3-7H,8H2,1-2H3. The second kappa shape index (κ2) is 5.22. The molecule has 2 aromatic rings. The van der Waals surface area contributed by atoms with Gasteiger partial charge in [0.25, 0.3) is 5.56 Å². The van der Waals surface area contributed by atoms with Gasteiger partial charge in [-0.25, -0.2) is 9.78 Å². The number of hydrogen-bond donors (Lipinski definition) is 0. The van der Waals surface area contributed by atoms with Gasteiger partial charge in [0.15, 0.2) is 0 Å². The average Bonchev–Trinajstić information content (AvgIpc) is 2.40. The lowest BCUT2D eigenvalue weighted by molar-refractivity contribution is 0.665. The van der Waals surface area contributed by atoms with Crippen LogP contribution < -0.4 is 11.2 Å². The molecule has 0 fully saturated rings. The maximum Gasteiger partial charge on any atom is 0.330 e. The molecule has 5 nitrogen and oxygen atoms in total. The van der Waals surface area contributed by atoms with Crippen LogP contribution in [0.25, 0.3) is 0 Å². The van der Waals surface area contributed by atoms with Crippen LogP contribution in [0.4, 0.5) is 0 Å². The van der Waals surface area contributed by atoms with Crippen LogP contribution in [0, 0.1) is 0 Å². The third-order valence-corrected chi connectivity index (χ3v) is 3.61. The van der Waals surface area contributed by atoms with Gasteiger partial charge in [-0.15, -0.1) is 11.8 Å². The van der Waals surface area contributed by atoms with Crippen molar-refractivity contribution in [2.24, 2.45) is 14.1 Å². The molecule has 0 spiro atoms. The number of pyridine rings is 1. The van der Waals surface area contributed by atoms with Crippen molar-refractivity contribution < 1.29 is 0 Å². The number of nitrogens with zero attached hydrogens (tertiary/aromatic N) is 3. The second-order valence-corrected chi connectivity index (χ2v) is 4.83. The van der Waals surface area contributed by atoms with E-state index in [1.807, 2.05) is 18.2 Å². The van der Waals surface area contributed by atoms with Gasteiger partial charge in [0, 0.05) is 37.8 Å². The fraction of sp³-hybridized carbons (Fsp3) is 0.250. The Balaban J connectivity index is 2.26. The van der Waals surface area contributed by atoms with E-state index < -0.39 is 0 Å². The van der Waals surface area contributed by atoms with Crippen LogP contribution >= 0.6 is 11.8 Å². The molecule has 0 saturated heterocycles. The van der Waals surface area contributed by atoms with Crippen molar-refractivity contribution in [3.63, 3.8) is 0 Å². The van der Waals surface area contributed by atoms with Gasteiger partial charge in [-0.05, 0) is 12.1 Å². The van der Waals surface area contributed by atoms with E-state index in [-0.39, 0.29) is 11.2 Å². The largest absolute Gasteiger partial charge is 0.330 e. The normalized spacial score (nSPS) is 10.6. The summed E-state index contributed by atoms with van der Waals surface area (Å²) in [4.78, 5) is 27.4. The summed E-state index contributed by atoms with van der Waals surface area (Å²) < 4.78 is 2.58. The van der Waals surface area contributed by atoms with Crippen LogP contribution in [0.5, 0.6) is 0 Å². The Morgan fingerprint density at radius 1 is 1.22 bits per heavy atom. The molecule has 0 saturated carbocycles. The fourth-order valence-corrected chi connectivity index (χ4v) is 2.38. The zero-order valence-corrected chi connectivity index (χ0v) is 11.0. The van der Waals surface area contributed by atoms with Gasteiger partial charge in [0.1, 0.15) is 0 Å². The summed E-state index contributed by atoms with van der Waals surface area (Å²) in [6.45, 7) is 0. The summed E-state index contributed by atoms with van der Waals surface area (Å²) >= 11 is 1.49. The summed E-state index contributed by atoms with van der Waals surface area (Å²) in [5, 5.41) is 0.866. The van der Waals surface area contributed by atoms with E-state index >= 15 is 0 Å². The first-order chi connectivity index (χ1) is 8.59. The zero-order chi connectivity index (χ0) is 13.1. The zero-order valence-electron chi connectivity index (χ0n) is 10.2. The highest BCUT2D eigenvalue weighted by atomic mass is 32.2. The van der Waals surface area contributed by atoms with Crippen LogP contribution in [0.1, 0.15) is 5.69 Å². The van der Waals surface area contributed by atoms with Gasteiger partial charge < -0.3 is 0 Å². The van der Waals surface area contributed by atoms with E-state index in [1.54, 1.807) is 13.2 Å². The molecule has 0 aliphatic rings. The first kappa shape index (κ1) is 12.6. The summed E-state index contributed by atoms with van der Waals surface area (Å²) in [7, 11) is 3.14. The molecule has 0 radical (unpaired) electrons. The minimum Gasteiger partial charge on any atom is -0.300 e. The van der Waals surface area contributed by atoms with Crippen LogP contribution in [-0.4, -0.2) is 14.1 Å². The molecule has 0 unspecified atom stereocenters. The lowest BCUT2D eigenvalue weighted by Crippen LogP contribution is -2.37. The molecule has 6 heteroatoms. The minimum atomic E-state index is -0.306. The second-order valence-electron chi connectivity index (χ2n) is 3.83. The molecule has 2 rings (SSSR count). The smallest absolute Gasteiger partial charge is 0.300 e. The Morgan fingerprint density at radius 2 is 2.00 bits per heavy atom. The van der Waals surface area contributed by atoms with Crippen molar-refractivity contribution in [2.75, 3.05) is 0 Å². The Bertz CT molecular complexity index is 661. The SMILES string of the molecule is Cn1c(CSc2ccccn2)cc(=O)n(C)c1=O. The molecule has 0 bridgehead atoms. The average molecular weight is 263 g/mol. The van der Waals surface area contributed by atoms with Crippen molar-refractivity contribution in [2.45, 2.75) is 10.8 Å². The highest BCUT2D eigenvalue weighted by Crippen LogP contribution is 2.18. The maximum absolute atomic E-state index is 11.7. The van der Waals surface area contributed by atoms with Gasteiger partial charge in [-0.1, -0.05) is 6.07 Å². The van der Waals surface area contributed by atoms with Crippen LogP contribution in [0.3, 0.4) is 0 Å². The van der Waals surface area contributed by atoms with Crippen molar-refractivity contribution in [1.29, 1.82) is 0 Å². The van der Waals surface area contributed by atoms with Crippen molar-refractivity contribution in [1.82, 2.24) is 14.1 Å². The number of aromatic nitrogens is 3. The monoisotopic (exact) mass is 263 g/mol. The topological polar surface area (TPSA) is 56.9 Å². The molecule has 0 amide bonds. The molecular weight excluding hydrogens is 250 g/mol. The number of rotatable bonds is 3. The highest BCUT2D eigenvalue weighted by Gasteiger charge is 2.06. The number of hydrogen-bond acceptors (Lipinski definition) is 4. The maximum atomic E-state index is 11.7.